The highest BCUT2D eigenvalue weighted by Crippen LogP contribution is 2.25. The van der Waals surface area contributed by atoms with Crippen LogP contribution < -0.4 is 5.32 Å². The average molecular weight is 254 g/mol. The molecule has 0 radical (unpaired) electrons. The van der Waals surface area contributed by atoms with E-state index >= 15 is 0 Å². The number of rotatable bonds is 5. The van der Waals surface area contributed by atoms with E-state index < -0.39 is 5.97 Å². The second-order valence-electron chi connectivity index (χ2n) is 5.41. The van der Waals surface area contributed by atoms with Crippen LogP contribution in [-0.2, 0) is 9.59 Å². The molecule has 0 bridgehead atoms. The van der Waals surface area contributed by atoms with Gasteiger partial charge in [0.25, 0.3) is 0 Å². The molecule has 2 N–H and O–H groups in total. The van der Waals surface area contributed by atoms with Crippen molar-refractivity contribution in [3.63, 3.8) is 0 Å². The van der Waals surface area contributed by atoms with E-state index in [9.17, 15) is 9.59 Å². The van der Waals surface area contributed by atoms with Crippen LogP contribution in [0.5, 0.6) is 0 Å². The Labute approximate surface area is 108 Å². The van der Waals surface area contributed by atoms with E-state index in [4.69, 9.17) is 5.11 Å². The van der Waals surface area contributed by atoms with Gasteiger partial charge < -0.3 is 15.3 Å². The molecule has 5 heteroatoms. The number of carboxylic acids is 1. The van der Waals surface area contributed by atoms with Crippen LogP contribution in [0.3, 0.4) is 0 Å². The number of aliphatic carboxylic acids is 1. The van der Waals surface area contributed by atoms with Crippen LogP contribution in [0.15, 0.2) is 0 Å². The lowest BCUT2D eigenvalue weighted by Gasteiger charge is -2.16. The smallest absolute Gasteiger partial charge is 0.306 e. The van der Waals surface area contributed by atoms with Crippen molar-refractivity contribution in [1.82, 2.24) is 10.2 Å². The van der Waals surface area contributed by atoms with Gasteiger partial charge in [-0.15, -0.1) is 0 Å². The Morgan fingerprint density at radius 1 is 1.22 bits per heavy atom. The molecule has 0 aromatic rings. The molecular weight excluding hydrogens is 232 g/mol. The quantitative estimate of drug-likeness (QED) is 0.763. The van der Waals surface area contributed by atoms with Gasteiger partial charge in [-0.1, -0.05) is 0 Å². The van der Waals surface area contributed by atoms with E-state index in [0.29, 0.717) is 19.3 Å². The fourth-order valence-corrected chi connectivity index (χ4v) is 2.90. The summed E-state index contributed by atoms with van der Waals surface area (Å²) < 4.78 is 0. The number of carboxylic acid groups (broad SMARTS) is 1. The molecule has 2 aliphatic rings. The van der Waals surface area contributed by atoms with Crippen molar-refractivity contribution in [1.29, 1.82) is 0 Å². The van der Waals surface area contributed by atoms with Gasteiger partial charge in [0.15, 0.2) is 0 Å². The third-order valence-electron chi connectivity index (χ3n) is 4.00. The maximum absolute atomic E-state index is 11.7. The summed E-state index contributed by atoms with van der Waals surface area (Å²) in [6, 6.07) is 0.0668. The Kier molecular flexibility index (Phi) is 4.58. The monoisotopic (exact) mass is 254 g/mol. The van der Waals surface area contributed by atoms with Crippen LogP contribution in [0.4, 0.5) is 0 Å². The molecule has 1 saturated heterocycles. The van der Waals surface area contributed by atoms with Crippen LogP contribution in [0.1, 0.15) is 38.5 Å². The van der Waals surface area contributed by atoms with Crippen LogP contribution in [0.25, 0.3) is 0 Å². The summed E-state index contributed by atoms with van der Waals surface area (Å²) in [5, 5.41) is 11.9. The maximum Gasteiger partial charge on any atom is 0.306 e. The van der Waals surface area contributed by atoms with Gasteiger partial charge in [-0.05, 0) is 45.2 Å². The summed E-state index contributed by atoms with van der Waals surface area (Å²) >= 11 is 0. The van der Waals surface area contributed by atoms with Crippen LogP contribution in [0.2, 0.25) is 0 Å². The number of carbonyl (C=O) groups excluding carboxylic acids is 1. The van der Waals surface area contributed by atoms with Gasteiger partial charge >= 0.3 is 5.97 Å². The van der Waals surface area contributed by atoms with Gasteiger partial charge in [0.1, 0.15) is 0 Å². The van der Waals surface area contributed by atoms with Crippen molar-refractivity contribution in [3.05, 3.63) is 0 Å². The van der Waals surface area contributed by atoms with Gasteiger partial charge in [-0.3, -0.25) is 9.59 Å². The standard InChI is InChI=1S/C13H22N2O3/c16-12(5-8-15-6-1-2-7-15)14-11-4-3-10(9-11)13(17)18/h10-11H,1-9H2,(H,14,16)(H,17,18)/t10-,11+/m1/s1. The lowest BCUT2D eigenvalue weighted by molar-refractivity contribution is -0.141. The predicted octanol–water partition coefficient (Wildman–Crippen LogP) is 0.842. The molecular formula is C13H22N2O3. The molecule has 2 fully saturated rings. The zero-order chi connectivity index (χ0) is 13.0. The summed E-state index contributed by atoms with van der Waals surface area (Å²) in [6.45, 7) is 3.05. The second-order valence-corrected chi connectivity index (χ2v) is 5.41. The first kappa shape index (κ1) is 13.3. The number of nitrogens with one attached hydrogen (secondary N) is 1. The Morgan fingerprint density at radius 3 is 2.56 bits per heavy atom. The Hall–Kier alpha value is -1.10. The molecule has 2 rings (SSSR count). The molecule has 1 saturated carbocycles. The van der Waals surface area contributed by atoms with Crippen LogP contribution in [0, 0.1) is 5.92 Å². The minimum absolute atomic E-state index is 0.0668. The normalized spacial score (nSPS) is 28.4. The number of carbonyl (C=O) groups is 2. The molecule has 0 aromatic carbocycles. The second kappa shape index (κ2) is 6.18. The van der Waals surface area contributed by atoms with E-state index in [-0.39, 0.29) is 17.9 Å². The fraction of sp³-hybridized carbons (Fsp3) is 0.846. The Balaban J connectivity index is 1.63. The first-order valence-corrected chi connectivity index (χ1v) is 6.89. The fourth-order valence-electron chi connectivity index (χ4n) is 2.90. The van der Waals surface area contributed by atoms with E-state index in [1.165, 1.54) is 12.8 Å². The van der Waals surface area contributed by atoms with Crippen molar-refractivity contribution >= 4 is 11.9 Å². The summed E-state index contributed by atoms with van der Waals surface area (Å²) in [6.07, 6.45) is 5.09. The molecule has 2 atom stereocenters. The molecule has 0 unspecified atom stereocenters. The van der Waals surface area contributed by atoms with Crippen molar-refractivity contribution in [2.45, 2.75) is 44.6 Å². The zero-order valence-electron chi connectivity index (χ0n) is 10.7. The van der Waals surface area contributed by atoms with Crippen molar-refractivity contribution in [2.24, 2.45) is 5.92 Å². The Morgan fingerprint density at radius 2 is 1.94 bits per heavy atom. The molecule has 0 aromatic heterocycles. The van der Waals surface area contributed by atoms with Crippen LogP contribution in [-0.4, -0.2) is 47.6 Å². The van der Waals surface area contributed by atoms with Crippen molar-refractivity contribution < 1.29 is 14.7 Å². The van der Waals surface area contributed by atoms with Crippen molar-refractivity contribution in [2.75, 3.05) is 19.6 Å². The highest BCUT2D eigenvalue weighted by Gasteiger charge is 2.30. The van der Waals surface area contributed by atoms with Crippen molar-refractivity contribution in [3.8, 4) is 0 Å². The summed E-state index contributed by atoms with van der Waals surface area (Å²) in [7, 11) is 0. The minimum Gasteiger partial charge on any atom is -0.481 e. The molecule has 5 nitrogen and oxygen atoms in total. The molecule has 0 spiro atoms. The molecule has 18 heavy (non-hydrogen) atoms. The van der Waals surface area contributed by atoms with Gasteiger partial charge in [0.2, 0.25) is 5.91 Å². The third-order valence-corrected chi connectivity index (χ3v) is 4.00. The molecule has 1 aliphatic carbocycles. The number of nitrogens with zero attached hydrogens (tertiary/aromatic N) is 1. The number of likely N-dealkylation sites (tertiary alicyclic amines) is 1. The zero-order valence-corrected chi connectivity index (χ0v) is 10.7. The van der Waals surface area contributed by atoms with Gasteiger partial charge in [-0.2, -0.15) is 0 Å². The molecule has 1 heterocycles. The molecule has 1 amide bonds. The molecule has 1 aliphatic heterocycles. The summed E-state index contributed by atoms with van der Waals surface area (Å²) in [4.78, 5) is 24.9. The third kappa shape index (κ3) is 3.70. The van der Waals surface area contributed by atoms with E-state index in [2.05, 4.69) is 10.2 Å². The van der Waals surface area contributed by atoms with Gasteiger partial charge in [-0.25, -0.2) is 0 Å². The first-order chi connectivity index (χ1) is 8.65. The van der Waals surface area contributed by atoms with E-state index in [0.717, 1.165) is 26.1 Å². The maximum atomic E-state index is 11.7. The van der Waals surface area contributed by atoms with Gasteiger partial charge in [0.05, 0.1) is 5.92 Å². The largest absolute Gasteiger partial charge is 0.481 e. The predicted molar refractivity (Wildman–Crippen MR) is 67.2 cm³/mol. The number of hydrogen-bond donors (Lipinski definition) is 2. The van der Waals surface area contributed by atoms with Crippen LogP contribution >= 0.6 is 0 Å². The lowest BCUT2D eigenvalue weighted by atomic mass is 10.1. The highest BCUT2D eigenvalue weighted by atomic mass is 16.4. The summed E-state index contributed by atoms with van der Waals surface area (Å²) in [5.41, 5.74) is 0. The lowest BCUT2D eigenvalue weighted by Crippen LogP contribution is -2.35. The minimum atomic E-state index is -0.733. The number of hydrogen-bond acceptors (Lipinski definition) is 3. The van der Waals surface area contributed by atoms with Gasteiger partial charge in [0, 0.05) is 19.0 Å². The Bertz CT molecular complexity index is 313. The van der Waals surface area contributed by atoms with E-state index in [1.807, 2.05) is 0 Å². The highest BCUT2D eigenvalue weighted by molar-refractivity contribution is 5.77. The average Bonchev–Trinajstić information content (AvgIpc) is 2.96. The topological polar surface area (TPSA) is 69.6 Å². The SMILES string of the molecule is O=C(CCN1CCCC1)N[C@H]1CC[C@@H](C(=O)O)C1. The van der Waals surface area contributed by atoms with E-state index in [1.54, 1.807) is 0 Å². The number of amides is 1. The first-order valence-electron chi connectivity index (χ1n) is 6.89. The molecule has 102 valence electrons. The summed E-state index contributed by atoms with van der Waals surface area (Å²) in [5.74, 6) is -0.935.